The van der Waals surface area contributed by atoms with Crippen LogP contribution in [0, 0.1) is 5.92 Å². The van der Waals surface area contributed by atoms with Gasteiger partial charge in [-0.25, -0.2) is 0 Å². The van der Waals surface area contributed by atoms with E-state index in [0.29, 0.717) is 6.42 Å². The standard InChI is InChI=1S/C10H18N2O3/c1-11-9(13)3-5-12-4-2-8(7-12)6-10(14)15/h8H,2-7H2,1H3,(H,11,13)(H,14,15). The van der Waals surface area contributed by atoms with Crippen molar-refractivity contribution in [3.63, 3.8) is 0 Å². The normalized spacial score (nSPS) is 21.5. The molecule has 1 aliphatic rings. The number of aliphatic carboxylic acids is 1. The second kappa shape index (κ2) is 5.70. The van der Waals surface area contributed by atoms with Crippen molar-refractivity contribution in [2.75, 3.05) is 26.7 Å². The van der Waals surface area contributed by atoms with E-state index in [1.54, 1.807) is 7.05 Å². The Labute approximate surface area is 89.4 Å². The van der Waals surface area contributed by atoms with Crippen LogP contribution in [0.5, 0.6) is 0 Å². The van der Waals surface area contributed by atoms with Crippen LogP contribution < -0.4 is 5.32 Å². The highest BCUT2D eigenvalue weighted by Crippen LogP contribution is 2.19. The molecule has 1 heterocycles. The van der Waals surface area contributed by atoms with Crippen molar-refractivity contribution in [1.29, 1.82) is 0 Å². The molecule has 0 radical (unpaired) electrons. The summed E-state index contributed by atoms with van der Waals surface area (Å²) in [6.45, 7) is 2.45. The van der Waals surface area contributed by atoms with E-state index in [1.807, 2.05) is 0 Å². The van der Waals surface area contributed by atoms with Crippen molar-refractivity contribution in [1.82, 2.24) is 10.2 Å². The van der Waals surface area contributed by atoms with E-state index in [0.717, 1.165) is 26.1 Å². The molecule has 1 unspecified atom stereocenters. The molecule has 2 N–H and O–H groups in total. The zero-order chi connectivity index (χ0) is 11.3. The molecule has 1 fully saturated rings. The highest BCUT2D eigenvalue weighted by molar-refractivity contribution is 5.75. The SMILES string of the molecule is CNC(=O)CCN1CCC(CC(=O)O)C1. The van der Waals surface area contributed by atoms with Gasteiger partial charge in [-0.3, -0.25) is 9.59 Å². The summed E-state index contributed by atoms with van der Waals surface area (Å²) in [6.07, 6.45) is 1.67. The van der Waals surface area contributed by atoms with Gasteiger partial charge in [0.25, 0.3) is 0 Å². The highest BCUT2D eigenvalue weighted by atomic mass is 16.4. The number of nitrogens with zero attached hydrogens (tertiary/aromatic N) is 1. The summed E-state index contributed by atoms with van der Waals surface area (Å²) in [5, 5.41) is 11.2. The Morgan fingerprint density at radius 3 is 2.87 bits per heavy atom. The number of hydrogen-bond donors (Lipinski definition) is 2. The first-order valence-electron chi connectivity index (χ1n) is 5.26. The van der Waals surface area contributed by atoms with E-state index in [9.17, 15) is 9.59 Å². The Morgan fingerprint density at radius 1 is 1.53 bits per heavy atom. The first-order valence-corrected chi connectivity index (χ1v) is 5.26. The van der Waals surface area contributed by atoms with Crippen LogP contribution >= 0.6 is 0 Å². The third kappa shape index (κ3) is 4.29. The molecule has 86 valence electrons. The molecule has 1 rings (SSSR count). The summed E-state index contributed by atoms with van der Waals surface area (Å²) >= 11 is 0. The van der Waals surface area contributed by atoms with E-state index in [4.69, 9.17) is 5.11 Å². The molecule has 1 saturated heterocycles. The third-order valence-electron chi connectivity index (χ3n) is 2.77. The summed E-state index contributed by atoms with van der Waals surface area (Å²) in [7, 11) is 1.62. The average Bonchev–Trinajstić information content (AvgIpc) is 2.61. The predicted molar refractivity (Wildman–Crippen MR) is 55.5 cm³/mol. The molecule has 1 aliphatic heterocycles. The minimum absolute atomic E-state index is 0.0386. The number of amides is 1. The van der Waals surface area contributed by atoms with Crippen LogP contribution in [0.2, 0.25) is 0 Å². The van der Waals surface area contributed by atoms with Crippen LogP contribution in [0.15, 0.2) is 0 Å². The molecule has 0 aromatic rings. The number of carboxylic acid groups (broad SMARTS) is 1. The van der Waals surface area contributed by atoms with Gasteiger partial charge in [-0.2, -0.15) is 0 Å². The predicted octanol–water partition coefficient (Wildman–Crippen LogP) is -0.0809. The van der Waals surface area contributed by atoms with Crippen LogP contribution in [0.4, 0.5) is 0 Å². The van der Waals surface area contributed by atoms with Crippen LogP contribution in [0.25, 0.3) is 0 Å². The lowest BCUT2D eigenvalue weighted by molar-refractivity contribution is -0.138. The Hall–Kier alpha value is -1.10. The smallest absolute Gasteiger partial charge is 0.303 e. The van der Waals surface area contributed by atoms with Crippen LogP contribution in [0.3, 0.4) is 0 Å². The minimum atomic E-state index is -0.729. The van der Waals surface area contributed by atoms with Gasteiger partial charge in [-0.1, -0.05) is 0 Å². The van der Waals surface area contributed by atoms with Gasteiger partial charge in [0.1, 0.15) is 0 Å². The highest BCUT2D eigenvalue weighted by Gasteiger charge is 2.24. The molecule has 1 amide bonds. The second-order valence-electron chi connectivity index (χ2n) is 3.98. The molecular formula is C10H18N2O3. The van der Waals surface area contributed by atoms with E-state index in [2.05, 4.69) is 10.2 Å². The summed E-state index contributed by atoms with van der Waals surface area (Å²) in [4.78, 5) is 23.6. The number of carbonyl (C=O) groups is 2. The molecule has 15 heavy (non-hydrogen) atoms. The third-order valence-corrected chi connectivity index (χ3v) is 2.77. The van der Waals surface area contributed by atoms with Gasteiger partial charge in [0, 0.05) is 33.0 Å². The van der Waals surface area contributed by atoms with Crippen molar-refractivity contribution in [3.8, 4) is 0 Å². The monoisotopic (exact) mass is 214 g/mol. The molecule has 0 saturated carbocycles. The Bertz CT molecular complexity index is 243. The molecule has 0 aromatic heterocycles. The summed E-state index contributed by atoms with van der Waals surface area (Å²) < 4.78 is 0. The van der Waals surface area contributed by atoms with E-state index >= 15 is 0 Å². The zero-order valence-electron chi connectivity index (χ0n) is 9.03. The van der Waals surface area contributed by atoms with Crippen molar-refractivity contribution < 1.29 is 14.7 Å². The molecule has 5 nitrogen and oxygen atoms in total. The number of rotatable bonds is 5. The fraction of sp³-hybridized carbons (Fsp3) is 0.800. The molecular weight excluding hydrogens is 196 g/mol. The number of carbonyl (C=O) groups excluding carboxylic acids is 1. The van der Waals surface area contributed by atoms with Crippen molar-refractivity contribution in [2.45, 2.75) is 19.3 Å². The number of likely N-dealkylation sites (tertiary alicyclic amines) is 1. The topological polar surface area (TPSA) is 69.6 Å². The minimum Gasteiger partial charge on any atom is -0.481 e. The average molecular weight is 214 g/mol. The van der Waals surface area contributed by atoms with Crippen molar-refractivity contribution in [2.24, 2.45) is 5.92 Å². The lowest BCUT2D eigenvalue weighted by atomic mass is 10.1. The quantitative estimate of drug-likeness (QED) is 0.671. The first-order chi connectivity index (χ1) is 7.11. The maximum atomic E-state index is 11.0. The van der Waals surface area contributed by atoms with Gasteiger partial charge >= 0.3 is 5.97 Å². The maximum Gasteiger partial charge on any atom is 0.303 e. The zero-order valence-corrected chi connectivity index (χ0v) is 9.03. The van der Waals surface area contributed by atoms with Gasteiger partial charge in [0.05, 0.1) is 0 Å². The van der Waals surface area contributed by atoms with Crippen molar-refractivity contribution in [3.05, 3.63) is 0 Å². The van der Waals surface area contributed by atoms with Gasteiger partial charge in [0.15, 0.2) is 0 Å². The summed E-state index contributed by atoms with van der Waals surface area (Å²) in [5.74, 6) is -0.433. The molecule has 5 heteroatoms. The molecule has 0 bridgehead atoms. The lowest BCUT2D eigenvalue weighted by Crippen LogP contribution is -2.28. The fourth-order valence-electron chi connectivity index (χ4n) is 1.91. The van der Waals surface area contributed by atoms with Crippen molar-refractivity contribution >= 4 is 11.9 Å². The molecule has 0 aliphatic carbocycles. The molecule has 0 spiro atoms. The fourth-order valence-corrected chi connectivity index (χ4v) is 1.91. The van der Waals surface area contributed by atoms with E-state index in [-0.39, 0.29) is 18.2 Å². The van der Waals surface area contributed by atoms with E-state index < -0.39 is 5.97 Å². The van der Waals surface area contributed by atoms with Gasteiger partial charge < -0.3 is 15.3 Å². The maximum absolute atomic E-state index is 11.0. The van der Waals surface area contributed by atoms with Gasteiger partial charge in [-0.15, -0.1) is 0 Å². The molecule has 1 atom stereocenters. The number of nitrogens with one attached hydrogen (secondary N) is 1. The number of carboxylic acids is 1. The van der Waals surface area contributed by atoms with Crippen LogP contribution in [0.1, 0.15) is 19.3 Å². The Kier molecular flexibility index (Phi) is 4.55. The lowest BCUT2D eigenvalue weighted by Gasteiger charge is -2.14. The summed E-state index contributed by atoms with van der Waals surface area (Å²) in [5.41, 5.74) is 0. The van der Waals surface area contributed by atoms with E-state index in [1.165, 1.54) is 0 Å². The van der Waals surface area contributed by atoms with Gasteiger partial charge in [-0.05, 0) is 18.9 Å². The van der Waals surface area contributed by atoms with Crippen LogP contribution in [-0.4, -0.2) is 48.6 Å². The van der Waals surface area contributed by atoms with Gasteiger partial charge in [0.2, 0.25) is 5.91 Å². The largest absolute Gasteiger partial charge is 0.481 e. The summed E-state index contributed by atoms with van der Waals surface area (Å²) in [6, 6.07) is 0. The second-order valence-corrected chi connectivity index (χ2v) is 3.98. The Balaban J connectivity index is 2.19. The van der Waals surface area contributed by atoms with Crippen LogP contribution in [-0.2, 0) is 9.59 Å². The first kappa shape index (κ1) is 12.0. The molecule has 0 aromatic carbocycles. The Morgan fingerprint density at radius 2 is 2.27 bits per heavy atom. The number of hydrogen-bond acceptors (Lipinski definition) is 3.